The van der Waals surface area contributed by atoms with Gasteiger partial charge in [0.05, 0.1) is 6.61 Å². The van der Waals surface area contributed by atoms with E-state index in [9.17, 15) is 5.11 Å². The largest absolute Gasteiger partial charge is 0.394 e. The summed E-state index contributed by atoms with van der Waals surface area (Å²) in [7, 11) is 2.04. The first-order chi connectivity index (χ1) is 9.21. The summed E-state index contributed by atoms with van der Waals surface area (Å²) < 4.78 is 2.08. The molecule has 2 aliphatic carbocycles. The summed E-state index contributed by atoms with van der Waals surface area (Å²) in [5.41, 5.74) is -0.0394. The van der Waals surface area contributed by atoms with Crippen molar-refractivity contribution in [3.8, 4) is 0 Å². The topological polar surface area (TPSA) is 50.1 Å². The minimum atomic E-state index is -0.0394. The Bertz CT molecular complexity index is 432. The van der Waals surface area contributed by atoms with Crippen LogP contribution in [0.25, 0.3) is 0 Å². The fraction of sp³-hybridized carbons (Fsp3) is 0.786. The summed E-state index contributed by atoms with van der Waals surface area (Å²) in [5.74, 6) is 0. The predicted molar refractivity (Wildman–Crippen MR) is 77.3 cm³/mol. The molecule has 0 aromatic carbocycles. The molecule has 0 saturated heterocycles. The van der Waals surface area contributed by atoms with Crippen molar-refractivity contribution >= 4 is 11.8 Å². The monoisotopic (exact) mass is 281 g/mol. The zero-order chi connectivity index (χ0) is 13.3. The fourth-order valence-electron chi connectivity index (χ4n) is 3.00. The second-order valence-electron chi connectivity index (χ2n) is 6.01. The van der Waals surface area contributed by atoms with Crippen LogP contribution in [-0.4, -0.2) is 38.1 Å². The zero-order valence-electron chi connectivity index (χ0n) is 11.5. The van der Waals surface area contributed by atoms with Gasteiger partial charge >= 0.3 is 0 Å². The van der Waals surface area contributed by atoms with E-state index in [1.165, 1.54) is 25.7 Å². The highest BCUT2D eigenvalue weighted by molar-refractivity contribution is 7.99. The van der Waals surface area contributed by atoms with E-state index in [4.69, 9.17) is 0 Å². The van der Waals surface area contributed by atoms with E-state index in [0.29, 0.717) is 11.3 Å². The number of rotatable bonds is 5. The van der Waals surface area contributed by atoms with Crippen LogP contribution in [0.15, 0.2) is 17.6 Å². The zero-order valence-corrected chi connectivity index (χ0v) is 12.3. The molecule has 0 spiro atoms. The van der Waals surface area contributed by atoms with E-state index >= 15 is 0 Å². The second kappa shape index (κ2) is 5.46. The van der Waals surface area contributed by atoms with Crippen molar-refractivity contribution in [2.45, 2.75) is 60.5 Å². The maximum Gasteiger partial charge on any atom is 0.167 e. The SMILES string of the molecule is Cn1ccnc1SC1CCCC(CO)(NC2CC2)C1. The Balaban J connectivity index is 1.64. The van der Waals surface area contributed by atoms with Crippen molar-refractivity contribution in [3.63, 3.8) is 0 Å². The standard InChI is InChI=1S/C14H23N3OS/c1-17-8-7-15-13(17)19-12-3-2-6-14(9-12,10-18)16-11-4-5-11/h7-8,11-12,16,18H,2-6,9-10H2,1H3. The Labute approximate surface area is 119 Å². The quantitative estimate of drug-likeness (QED) is 0.866. The van der Waals surface area contributed by atoms with Crippen molar-refractivity contribution in [2.24, 2.45) is 7.05 Å². The molecule has 19 heavy (non-hydrogen) atoms. The molecular formula is C14H23N3OS. The van der Waals surface area contributed by atoms with Gasteiger partial charge in [0.1, 0.15) is 0 Å². The van der Waals surface area contributed by atoms with Gasteiger partial charge in [-0.25, -0.2) is 4.98 Å². The Morgan fingerprint density at radius 3 is 3.00 bits per heavy atom. The van der Waals surface area contributed by atoms with Gasteiger partial charge in [-0.15, -0.1) is 0 Å². The van der Waals surface area contributed by atoms with Crippen molar-refractivity contribution < 1.29 is 5.11 Å². The number of hydrogen-bond acceptors (Lipinski definition) is 4. The van der Waals surface area contributed by atoms with Crippen LogP contribution < -0.4 is 5.32 Å². The van der Waals surface area contributed by atoms with Crippen molar-refractivity contribution in [1.29, 1.82) is 0 Å². The lowest BCUT2D eigenvalue weighted by Crippen LogP contribution is -2.53. The van der Waals surface area contributed by atoms with Crippen LogP contribution in [0, 0.1) is 0 Å². The van der Waals surface area contributed by atoms with Gasteiger partial charge in [0.2, 0.25) is 0 Å². The van der Waals surface area contributed by atoms with Crippen molar-refractivity contribution in [1.82, 2.24) is 14.9 Å². The number of aliphatic hydroxyl groups excluding tert-OH is 1. The number of aliphatic hydroxyl groups is 1. The Morgan fingerprint density at radius 1 is 1.53 bits per heavy atom. The molecule has 0 aliphatic heterocycles. The van der Waals surface area contributed by atoms with Gasteiger partial charge in [0, 0.05) is 36.3 Å². The van der Waals surface area contributed by atoms with Gasteiger partial charge in [-0.3, -0.25) is 0 Å². The summed E-state index contributed by atoms with van der Waals surface area (Å²) in [5, 5.41) is 15.2. The van der Waals surface area contributed by atoms with Crippen LogP contribution in [0.3, 0.4) is 0 Å². The first kappa shape index (κ1) is 13.5. The highest BCUT2D eigenvalue weighted by Crippen LogP contribution is 2.39. The van der Waals surface area contributed by atoms with E-state index in [-0.39, 0.29) is 12.1 Å². The fourth-order valence-corrected chi connectivity index (χ4v) is 4.34. The summed E-state index contributed by atoms with van der Waals surface area (Å²) in [4.78, 5) is 4.40. The number of imidazole rings is 1. The Morgan fingerprint density at radius 2 is 2.37 bits per heavy atom. The number of nitrogens with zero attached hydrogens (tertiary/aromatic N) is 2. The van der Waals surface area contributed by atoms with Crippen LogP contribution in [0.2, 0.25) is 0 Å². The molecule has 0 radical (unpaired) electrons. The van der Waals surface area contributed by atoms with Gasteiger partial charge in [0.15, 0.2) is 5.16 Å². The first-order valence-electron chi connectivity index (χ1n) is 7.23. The normalized spacial score (nSPS) is 31.6. The van der Waals surface area contributed by atoms with E-state index in [0.717, 1.165) is 18.0 Å². The van der Waals surface area contributed by atoms with Crippen molar-refractivity contribution in [2.75, 3.05) is 6.61 Å². The molecule has 1 heterocycles. The van der Waals surface area contributed by atoms with E-state index in [2.05, 4.69) is 14.9 Å². The second-order valence-corrected chi connectivity index (χ2v) is 7.28. The lowest BCUT2D eigenvalue weighted by atomic mass is 9.82. The molecule has 106 valence electrons. The molecule has 4 nitrogen and oxygen atoms in total. The molecule has 2 N–H and O–H groups in total. The summed E-state index contributed by atoms with van der Waals surface area (Å²) >= 11 is 1.86. The first-order valence-corrected chi connectivity index (χ1v) is 8.11. The smallest absolute Gasteiger partial charge is 0.167 e. The highest BCUT2D eigenvalue weighted by atomic mass is 32.2. The van der Waals surface area contributed by atoms with Gasteiger partial charge in [-0.2, -0.15) is 0 Å². The molecule has 3 rings (SSSR count). The van der Waals surface area contributed by atoms with Gasteiger partial charge < -0.3 is 15.0 Å². The number of aryl methyl sites for hydroxylation is 1. The lowest BCUT2D eigenvalue weighted by Gasteiger charge is -2.40. The Kier molecular flexibility index (Phi) is 3.87. The van der Waals surface area contributed by atoms with Gasteiger partial charge in [-0.1, -0.05) is 18.2 Å². The van der Waals surface area contributed by atoms with Crippen LogP contribution in [0.5, 0.6) is 0 Å². The third-order valence-electron chi connectivity index (χ3n) is 4.24. The summed E-state index contributed by atoms with van der Waals surface area (Å²) in [6.45, 7) is 0.265. The molecular weight excluding hydrogens is 258 g/mol. The third-order valence-corrected chi connectivity index (χ3v) is 5.58. The van der Waals surface area contributed by atoms with Crippen LogP contribution >= 0.6 is 11.8 Å². The molecule has 0 bridgehead atoms. The maximum absolute atomic E-state index is 9.82. The predicted octanol–water partition coefficient (Wildman–Crippen LogP) is 1.94. The van der Waals surface area contributed by atoms with E-state index < -0.39 is 0 Å². The third kappa shape index (κ3) is 3.15. The Hall–Kier alpha value is -0.520. The molecule has 2 unspecified atom stereocenters. The van der Waals surface area contributed by atoms with Crippen LogP contribution in [-0.2, 0) is 7.05 Å². The molecule has 1 aromatic rings. The number of nitrogens with one attached hydrogen (secondary N) is 1. The minimum absolute atomic E-state index is 0.0394. The number of thioether (sulfide) groups is 1. The summed E-state index contributed by atoms with van der Waals surface area (Å²) in [6, 6.07) is 0.657. The average molecular weight is 281 g/mol. The van der Waals surface area contributed by atoms with Crippen LogP contribution in [0.1, 0.15) is 38.5 Å². The summed E-state index contributed by atoms with van der Waals surface area (Å²) in [6.07, 6.45) is 11.0. The minimum Gasteiger partial charge on any atom is -0.394 e. The molecule has 5 heteroatoms. The number of aromatic nitrogens is 2. The van der Waals surface area contributed by atoms with Crippen molar-refractivity contribution in [3.05, 3.63) is 12.4 Å². The maximum atomic E-state index is 9.82. The highest BCUT2D eigenvalue weighted by Gasteiger charge is 2.40. The molecule has 0 amide bonds. The molecule has 1 aromatic heterocycles. The lowest BCUT2D eigenvalue weighted by molar-refractivity contribution is 0.121. The molecule has 2 atom stereocenters. The van der Waals surface area contributed by atoms with Crippen LogP contribution in [0.4, 0.5) is 0 Å². The van der Waals surface area contributed by atoms with Gasteiger partial charge in [-0.05, 0) is 32.1 Å². The molecule has 2 saturated carbocycles. The van der Waals surface area contributed by atoms with E-state index in [1.54, 1.807) is 0 Å². The molecule has 2 aliphatic rings. The molecule has 2 fully saturated rings. The van der Waals surface area contributed by atoms with Gasteiger partial charge in [0.25, 0.3) is 0 Å². The average Bonchev–Trinajstić information content (AvgIpc) is 3.13. The van der Waals surface area contributed by atoms with E-state index in [1.807, 2.05) is 31.2 Å². The number of hydrogen-bond donors (Lipinski definition) is 2.